The Kier molecular flexibility index (Phi) is 5.37. The van der Waals surface area contributed by atoms with Crippen LogP contribution in [0.2, 0.25) is 0 Å². The van der Waals surface area contributed by atoms with Gasteiger partial charge in [-0.3, -0.25) is 0 Å². The van der Waals surface area contributed by atoms with Crippen LogP contribution in [0.25, 0.3) is 0 Å². The van der Waals surface area contributed by atoms with Crippen molar-refractivity contribution in [3.8, 4) is 0 Å². The summed E-state index contributed by atoms with van der Waals surface area (Å²) in [7, 11) is -3.07. The predicted molar refractivity (Wildman–Crippen MR) is 68.3 cm³/mol. The van der Waals surface area contributed by atoms with Crippen LogP contribution < -0.4 is 5.73 Å². The maximum atomic E-state index is 11.4. The third-order valence-electron chi connectivity index (χ3n) is 3.22. The molecule has 0 aliphatic carbocycles. The molecule has 1 rings (SSSR count). The highest BCUT2D eigenvalue weighted by molar-refractivity contribution is 7.88. The Bertz CT molecular complexity index is 322. The van der Waals surface area contributed by atoms with Crippen molar-refractivity contribution >= 4 is 10.0 Å². The second kappa shape index (κ2) is 6.13. The molecule has 0 bridgehead atoms. The number of hydrogen-bond donors (Lipinski definition) is 1. The molecule has 6 heteroatoms. The number of unbranched alkanes of at least 4 members (excludes halogenated alkanes) is 1. The number of hydrogen-bond acceptors (Lipinski definition) is 4. The lowest BCUT2D eigenvalue weighted by Gasteiger charge is -2.37. The normalized spacial score (nSPS) is 21.6. The summed E-state index contributed by atoms with van der Waals surface area (Å²) >= 11 is 0. The van der Waals surface area contributed by atoms with Gasteiger partial charge in [-0.05, 0) is 19.3 Å². The van der Waals surface area contributed by atoms with E-state index in [1.807, 2.05) is 0 Å². The monoisotopic (exact) mass is 264 g/mol. The Morgan fingerprint density at radius 2 is 1.94 bits per heavy atom. The molecule has 1 heterocycles. The standard InChI is InChI=1S/C11H24N2O3S/c1-3-4-9-16-10-11(12)5-7-13(8-6-11)17(2,14)15/h3-10,12H2,1-2H3. The minimum atomic E-state index is -3.07. The van der Waals surface area contributed by atoms with Crippen molar-refractivity contribution in [1.29, 1.82) is 0 Å². The average Bonchev–Trinajstić information content (AvgIpc) is 2.24. The molecule has 5 nitrogen and oxygen atoms in total. The van der Waals surface area contributed by atoms with Crippen molar-refractivity contribution in [2.75, 3.05) is 32.6 Å². The Balaban J connectivity index is 2.34. The summed E-state index contributed by atoms with van der Waals surface area (Å²) in [6.45, 7) is 4.40. The highest BCUT2D eigenvalue weighted by Crippen LogP contribution is 2.21. The zero-order valence-corrected chi connectivity index (χ0v) is 11.6. The Labute approximate surface area is 104 Å². The number of nitrogens with two attached hydrogens (primary N) is 1. The molecule has 1 aliphatic heterocycles. The van der Waals surface area contributed by atoms with Gasteiger partial charge < -0.3 is 10.5 Å². The lowest BCUT2D eigenvalue weighted by molar-refractivity contribution is 0.0603. The SMILES string of the molecule is CCCCOCC1(N)CCN(S(C)(=O)=O)CC1. The number of sulfonamides is 1. The van der Waals surface area contributed by atoms with Crippen molar-refractivity contribution in [1.82, 2.24) is 4.31 Å². The van der Waals surface area contributed by atoms with E-state index in [1.54, 1.807) is 0 Å². The van der Waals surface area contributed by atoms with Gasteiger partial charge in [0.25, 0.3) is 0 Å². The molecule has 0 aromatic heterocycles. The second-order valence-electron chi connectivity index (χ2n) is 4.93. The summed E-state index contributed by atoms with van der Waals surface area (Å²) in [5.41, 5.74) is 5.85. The summed E-state index contributed by atoms with van der Waals surface area (Å²) in [6.07, 6.45) is 4.75. The number of rotatable bonds is 6. The van der Waals surface area contributed by atoms with Gasteiger partial charge in [-0.2, -0.15) is 0 Å². The summed E-state index contributed by atoms with van der Waals surface area (Å²) in [5.74, 6) is 0. The van der Waals surface area contributed by atoms with Gasteiger partial charge in [0, 0.05) is 25.2 Å². The van der Waals surface area contributed by atoms with E-state index >= 15 is 0 Å². The van der Waals surface area contributed by atoms with E-state index in [0.29, 0.717) is 32.5 Å². The Morgan fingerprint density at radius 1 is 1.35 bits per heavy atom. The van der Waals surface area contributed by atoms with E-state index in [-0.39, 0.29) is 5.54 Å². The summed E-state index contributed by atoms with van der Waals surface area (Å²) in [6, 6.07) is 0. The van der Waals surface area contributed by atoms with E-state index in [2.05, 4.69) is 6.92 Å². The summed E-state index contributed by atoms with van der Waals surface area (Å²) in [5, 5.41) is 0. The molecular formula is C11H24N2O3S. The molecule has 2 N–H and O–H groups in total. The molecule has 1 fully saturated rings. The number of ether oxygens (including phenoxy) is 1. The van der Waals surface area contributed by atoms with Crippen LogP contribution in [0.1, 0.15) is 32.6 Å². The second-order valence-corrected chi connectivity index (χ2v) is 6.91. The van der Waals surface area contributed by atoms with Gasteiger partial charge >= 0.3 is 0 Å². The van der Waals surface area contributed by atoms with Crippen molar-refractivity contribution in [2.45, 2.75) is 38.1 Å². The maximum Gasteiger partial charge on any atom is 0.211 e. The highest BCUT2D eigenvalue weighted by atomic mass is 32.2. The first-order valence-electron chi connectivity index (χ1n) is 6.19. The van der Waals surface area contributed by atoms with Gasteiger partial charge in [0.2, 0.25) is 10.0 Å². The first-order valence-corrected chi connectivity index (χ1v) is 8.04. The summed E-state index contributed by atoms with van der Waals surface area (Å²) < 4.78 is 29.7. The van der Waals surface area contributed by atoms with E-state index in [1.165, 1.54) is 10.6 Å². The average molecular weight is 264 g/mol. The van der Waals surface area contributed by atoms with Gasteiger partial charge in [0.05, 0.1) is 12.9 Å². The largest absolute Gasteiger partial charge is 0.380 e. The lowest BCUT2D eigenvalue weighted by Crippen LogP contribution is -2.54. The van der Waals surface area contributed by atoms with Crippen LogP contribution in [0, 0.1) is 0 Å². The fraction of sp³-hybridized carbons (Fsp3) is 1.00. The minimum absolute atomic E-state index is 0.352. The molecule has 0 saturated carbocycles. The zero-order valence-electron chi connectivity index (χ0n) is 10.8. The molecule has 1 aliphatic rings. The third-order valence-corrected chi connectivity index (χ3v) is 4.52. The van der Waals surface area contributed by atoms with Crippen LogP contribution in [-0.2, 0) is 14.8 Å². The van der Waals surface area contributed by atoms with Crippen molar-refractivity contribution < 1.29 is 13.2 Å². The minimum Gasteiger partial charge on any atom is -0.380 e. The molecular weight excluding hydrogens is 240 g/mol. The van der Waals surface area contributed by atoms with Crippen LogP contribution in [0.4, 0.5) is 0 Å². The smallest absolute Gasteiger partial charge is 0.211 e. The Morgan fingerprint density at radius 3 is 2.41 bits per heavy atom. The molecule has 17 heavy (non-hydrogen) atoms. The van der Waals surface area contributed by atoms with E-state index in [0.717, 1.165) is 19.4 Å². The van der Waals surface area contributed by atoms with Crippen LogP contribution >= 0.6 is 0 Å². The van der Waals surface area contributed by atoms with Gasteiger partial charge in [-0.25, -0.2) is 12.7 Å². The molecule has 0 amide bonds. The van der Waals surface area contributed by atoms with E-state index < -0.39 is 10.0 Å². The molecule has 0 unspecified atom stereocenters. The third kappa shape index (κ3) is 4.91. The fourth-order valence-corrected chi connectivity index (χ4v) is 2.78. The molecule has 1 saturated heterocycles. The van der Waals surface area contributed by atoms with Gasteiger partial charge in [0.1, 0.15) is 0 Å². The van der Waals surface area contributed by atoms with E-state index in [4.69, 9.17) is 10.5 Å². The van der Waals surface area contributed by atoms with Crippen molar-refractivity contribution in [3.63, 3.8) is 0 Å². The first kappa shape index (κ1) is 14.9. The fourth-order valence-electron chi connectivity index (χ4n) is 1.93. The Hall–Kier alpha value is -0.170. The van der Waals surface area contributed by atoms with E-state index in [9.17, 15) is 8.42 Å². The van der Waals surface area contributed by atoms with Crippen LogP contribution in [0.5, 0.6) is 0 Å². The first-order chi connectivity index (χ1) is 7.87. The van der Waals surface area contributed by atoms with Gasteiger partial charge in [-0.15, -0.1) is 0 Å². The van der Waals surface area contributed by atoms with Crippen LogP contribution in [-0.4, -0.2) is 50.8 Å². The van der Waals surface area contributed by atoms with Crippen LogP contribution in [0.3, 0.4) is 0 Å². The quantitative estimate of drug-likeness (QED) is 0.711. The van der Waals surface area contributed by atoms with Crippen molar-refractivity contribution in [2.24, 2.45) is 5.73 Å². The maximum absolute atomic E-state index is 11.4. The molecule has 0 aromatic carbocycles. The topological polar surface area (TPSA) is 72.6 Å². The molecule has 0 aromatic rings. The number of piperidine rings is 1. The van der Waals surface area contributed by atoms with Crippen LogP contribution in [0.15, 0.2) is 0 Å². The van der Waals surface area contributed by atoms with Crippen molar-refractivity contribution in [3.05, 3.63) is 0 Å². The predicted octanol–water partition coefficient (Wildman–Crippen LogP) is 0.556. The lowest BCUT2D eigenvalue weighted by atomic mass is 9.90. The molecule has 102 valence electrons. The molecule has 0 atom stereocenters. The zero-order chi connectivity index (χ0) is 12.9. The molecule has 0 spiro atoms. The highest BCUT2D eigenvalue weighted by Gasteiger charge is 2.33. The number of nitrogens with zero attached hydrogens (tertiary/aromatic N) is 1. The molecule has 0 radical (unpaired) electrons. The van der Waals surface area contributed by atoms with Gasteiger partial charge in [0.15, 0.2) is 0 Å². The summed E-state index contributed by atoms with van der Waals surface area (Å²) in [4.78, 5) is 0. The van der Waals surface area contributed by atoms with Gasteiger partial charge in [-0.1, -0.05) is 13.3 Å².